The topological polar surface area (TPSA) is 88.7 Å². The molecule has 0 spiro atoms. The summed E-state index contributed by atoms with van der Waals surface area (Å²) in [4.78, 5) is 24.6. The molecule has 7 nitrogen and oxygen atoms in total. The zero-order valence-corrected chi connectivity index (χ0v) is 16.3. The maximum atomic E-state index is 12.0. The highest BCUT2D eigenvalue weighted by Gasteiger charge is 2.22. The number of rotatable bonds is 3. The number of carbonyl (C=O) groups is 2. The van der Waals surface area contributed by atoms with Gasteiger partial charge in [0.05, 0.1) is 12.7 Å². The Kier molecular flexibility index (Phi) is 6.97. The van der Waals surface area contributed by atoms with Crippen molar-refractivity contribution in [1.82, 2.24) is 10.9 Å². The molecule has 0 bridgehead atoms. The van der Waals surface area contributed by atoms with Crippen molar-refractivity contribution >= 4 is 45.7 Å². The molecule has 0 atom stereocenters. The molecular formula is C15H23N3O4S2. The first-order valence-corrected chi connectivity index (χ1v) is 8.58. The highest BCUT2D eigenvalue weighted by Crippen LogP contribution is 2.33. The summed E-state index contributed by atoms with van der Waals surface area (Å²) in [6.45, 7) is 9.16. The van der Waals surface area contributed by atoms with E-state index >= 15 is 0 Å². The van der Waals surface area contributed by atoms with Crippen LogP contribution in [-0.4, -0.2) is 29.9 Å². The maximum Gasteiger partial charge on any atom is 0.426 e. The van der Waals surface area contributed by atoms with Crippen LogP contribution < -0.4 is 16.2 Å². The third kappa shape index (κ3) is 5.64. The number of hydrazine groups is 1. The summed E-state index contributed by atoms with van der Waals surface area (Å²) in [6.07, 6.45) is 0.0431. The van der Waals surface area contributed by atoms with Crippen LogP contribution in [0.4, 0.5) is 9.80 Å². The van der Waals surface area contributed by atoms with Gasteiger partial charge in [0.2, 0.25) is 0 Å². The van der Waals surface area contributed by atoms with Gasteiger partial charge < -0.3 is 14.8 Å². The molecule has 0 aliphatic rings. The monoisotopic (exact) mass is 373 g/mol. The van der Waals surface area contributed by atoms with Crippen LogP contribution in [0, 0.1) is 6.92 Å². The van der Waals surface area contributed by atoms with E-state index in [9.17, 15) is 9.59 Å². The van der Waals surface area contributed by atoms with E-state index in [0.29, 0.717) is 17.0 Å². The summed E-state index contributed by atoms with van der Waals surface area (Å²) in [6, 6.07) is 0. The van der Waals surface area contributed by atoms with Gasteiger partial charge in [0.1, 0.15) is 10.6 Å². The maximum absolute atomic E-state index is 12.0. The number of aryl methyl sites for hydroxylation is 1. The van der Waals surface area contributed by atoms with E-state index in [0.717, 1.165) is 10.4 Å². The first kappa shape index (κ1) is 20.2. The molecule has 134 valence electrons. The normalized spacial score (nSPS) is 10.8. The van der Waals surface area contributed by atoms with Crippen LogP contribution in [0.15, 0.2) is 0 Å². The number of nitrogens with one attached hydrogen (secondary N) is 3. The lowest BCUT2D eigenvalue weighted by Gasteiger charge is -2.20. The summed E-state index contributed by atoms with van der Waals surface area (Å²) in [7, 11) is 1.33. The van der Waals surface area contributed by atoms with E-state index in [4.69, 9.17) is 21.7 Å². The van der Waals surface area contributed by atoms with E-state index in [-0.39, 0.29) is 5.11 Å². The van der Waals surface area contributed by atoms with Gasteiger partial charge in [0.25, 0.3) is 0 Å². The van der Waals surface area contributed by atoms with Gasteiger partial charge in [-0.25, -0.2) is 15.0 Å². The Morgan fingerprint density at radius 2 is 1.88 bits per heavy atom. The van der Waals surface area contributed by atoms with Gasteiger partial charge in [-0.2, -0.15) is 0 Å². The van der Waals surface area contributed by atoms with Crippen molar-refractivity contribution in [2.24, 2.45) is 0 Å². The fourth-order valence-electron chi connectivity index (χ4n) is 1.96. The molecule has 1 aromatic heterocycles. The van der Waals surface area contributed by atoms with Gasteiger partial charge in [-0.05, 0) is 51.9 Å². The first-order chi connectivity index (χ1) is 11.1. The Balaban J connectivity index is 2.77. The summed E-state index contributed by atoms with van der Waals surface area (Å²) < 4.78 is 9.93. The molecular weight excluding hydrogens is 350 g/mol. The van der Waals surface area contributed by atoms with Crippen molar-refractivity contribution in [1.29, 1.82) is 0 Å². The van der Waals surface area contributed by atoms with E-state index in [1.807, 2.05) is 13.8 Å². The number of amides is 1. The number of esters is 1. The lowest BCUT2D eigenvalue weighted by Crippen LogP contribution is -2.45. The van der Waals surface area contributed by atoms with Crippen LogP contribution in [0.3, 0.4) is 0 Å². The molecule has 3 N–H and O–H groups in total. The Bertz CT molecular complexity index is 635. The summed E-state index contributed by atoms with van der Waals surface area (Å²) in [5, 5.41) is 3.61. The number of hydrogen-bond acceptors (Lipinski definition) is 6. The molecule has 1 amide bonds. The molecule has 0 saturated carbocycles. The second-order valence-corrected chi connectivity index (χ2v) is 7.53. The molecule has 0 aromatic carbocycles. The minimum absolute atomic E-state index is 0.134. The molecule has 1 aromatic rings. The van der Waals surface area contributed by atoms with E-state index in [2.05, 4.69) is 16.2 Å². The number of carbonyl (C=O) groups excluding carboxylic acids is 2. The SMILES string of the molecule is CCc1c(C)sc(NC(=S)NNC(=O)OC(C)(C)C)c1C(=O)OC. The predicted molar refractivity (Wildman–Crippen MR) is 98.5 cm³/mol. The standard InChI is InChI=1S/C15H23N3O4S2/c1-7-9-8(2)24-11(10(9)12(19)21-6)16-13(23)17-18-14(20)22-15(3,4)5/h7H2,1-6H3,(H,18,20)(H2,16,17,23). The van der Waals surface area contributed by atoms with E-state index in [1.165, 1.54) is 18.4 Å². The minimum atomic E-state index is -0.656. The van der Waals surface area contributed by atoms with Gasteiger partial charge in [-0.1, -0.05) is 6.92 Å². The molecule has 0 aliphatic heterocycles. The molecule has 0 unspecified atom stereocenters. The zero-order chi connectivity index (χ0) is 18.5. The molecule has 0 saturated heterocycles. The molecule has 1 heterocycles. The number of thiophene rings is 1. The van der Waals surface area contributed by atoms with Crippen LogP contribution in [0.1, 0.15) is 48.5 Å². The molecule has 9 heteroatoms. The molecule has 0 aliphatic carbocycles. The molecule has 0 fully saturated rings. The zero-order valence-electron chi connectivity index (χ0n) is 14.7. The number of thiocarbonyl (C=S) groups is 1. The van der Waals surface area contributed by atoms with Crippen molar-refractivity contribution in [2.75, 3.05) is 12.4 Å². The quantitative estimate of drug-likeness (QED) is 0.426. The lowest BCUT2D eigenvalue weighted by atomic mass is 10.1. The predicted octanol–water partition coefficient (Wildman–Crippen LogP) is 3.13. The highest BCUT2D eigenvalue weighted by molar-refractivity contribution is 7.80. The number of methoxy groups -OCH3 is 1. The Morgan fingerprint density at radius 3 is 2.38 bits per heavy atom. The largest absolute Gasteiger partial charge is 0.465 e. The van der Waals surface area contributed by atoms with Crippen LogP contribution in [0.2, 0.25) is 0 Å². The van der Waals surface area contributed by atoms with Crippen molar-refractivity contribution < 1.29 is 19.1 Å². The third-order valence-corrected chi connectivity index (χ3v) is 4.12. The number of ether oxygens (including phenoxy) is 2. The second-order valence-electron chi connectivity index (χ2n) is 5.89. The van der Waals surface area contributed by atoms with E-state index < -0.39 is 17.7 Å². The fraction of sp³-hybridized carbons (Fsp3) is 0.533. The van der Waals surface area contributed by atoms with Crippen LogP contribution >= 0.6 is 23.6 Å². The third-order valence-electron chi connectivity index (χ3n) is 2.86. The van der Waals surface area contributed by atoms with Gasteiger partial charge in [0, 0.05) is 4.88 Å². The van der Waals surface area contributed by atoms with Crippen LogP contribution in [0.25, 0.3) is 0 Å². The van der Waals surface area contributed by atoms with Crippen molar-refractivity contribution in [3.8, 4) is 0 Å². The van der Waals surface area contributed by atoms with Crippen LogP contribution in [0.5, 0.6) is 0 Å². The minimum Gasteiger partial charge on any atom is -0.465 e. The average molecular weight is 374 g/mol. The smallest absolute Gasteiger partial charge is 0.426 e. The first-order valence-electron chi connectivity index (χ1n) is 7.35. The van der Waals surface area contributed by atoms with Crippen molar-refractivity contribution in [3.05, 3.63) is 16.0 Å². The molecule has 24 heavy (non-hydrogen) atoms. The van der Waals surface area contributed by atoms with Crippen molar-refractivity contribution in [2.45, 2.75) is 46.6 Å². The molecule has 0 radical (unpaired) electrons. The van der Waals surface area contributed by atoms with Crippen LogP contribution in [-0.2, 0) is 15.9 Å². The number of anilines is 1. The summed E-state index contributed by atoms with van der Waals surface area (Å²) in [5.41, 5.74) is 5.63. The highest BCUT2D eigenvalue weighted by atomic mass is 32.1. The fourth-order valence-corrected chi connectivity index (χ4v) is 3.31. The van der Waals surface area contributed by atoms with Gasteiger partial charge in [0.15, 0.2) is 5.11 Å². The summed E-state index contributed by atoms with van der Waals surface area (Å²) in [5.74, 6) is -0.429. The van der Waals surface area contributed by atoms with Crippen molar-refractivity contribution in [3.63, 3.8) is 0 Å². The Morgan fingerprint density at radius 1 is 1.25 bits per heavy atom. The average Bonchev–Trinajstić information content (AvgIpc) is 2.77. The lowest BCUT2D eigenvalue weighted by molar-refractivity contribution is 0.0512. The Hall–Kier alpha value is -1.87. The summed E-state index contributed by atoms with van der Waals surface area (Å²) >= 11 is 6.53. The molecule has 1 rings (SSSR count). The van der Waals surface area contributed by atoms with Gasteiger partial charge >= 0.3 is 12.1 Å². The van der Waals surface area contributed by atoms with Gasteiger partial charge in [-0.15, -0.1) is 11.3 Å². The van der Waals surface area contributed by atoms with E-state index in [1.54, 1.807) is 20.8 Å². The van der Waals surface area contributed by atoms with Gasteiger partial charge in [-0.3, -0.25) is 5.43 Å². The second kappa shape index (κ2) is 8.29. The Labute approximate surface area is 151 Å². The number of hydrogen-bond donors (Lipinski definition) is 3.